The Morgan fingerprint density at radius 3 is 1.39 bits per heavy atom. The molecule has 0 amide bonds. The minimum absolute atomic E-state index is 0.907. The van der Waals surface area contributed by atoms with Gasteiger partial charge < -0.3 is 9.32 Å². The number of hydrogen-bond acceptors (Lipinski definition) is 2. The summed E-state index contributed by atoms with van der Waals surface area (Å²) < 4.78 is 6.28. The highest BCUT2D eigenvalue weighted by Gasteiger charge is 2.19. The molecule has 0 radical (unpaired) electrons. The van der Waals surface area contributed by atoms with E-state index in [2.05, 4.69) is 205 Å². The molecule has 10 rings (SSSR count). The minimum Gasteiger partial charge on any atom is -0.456 e. The van der Waals surface area contributed by atoms with Crippen LogP contribution in [0, 0.1) is 0 Å². The van der Waals surface area contributed by atoms with Crippen molar-refractivity contribution in [2.75, 3.05) is 4.90 Å². The maximum absolute atomic E-state index is 6.28. The standard InChI is InChI=1S/C52H35NO/c1-3-12-36(13-4-1)38-22-24-39(25-23-38)41-28-32-44(33-29-41)53(43-30-26-40(27-31-43)37-14-5-2-6-15-37)50-20-9-7-17-46(50)45-19-11-16-42-34-52-49(35-48(42)45)47-18-8-10-21-51(47)54-52/h1-35H. The van der Waals surface area contributed by atoms with Crippen LogP contribution in [0.4, 0.5) is 17.1 Å². The van der Waals surface area contributed by atoms with Crippen LogP contribution in [0.1, 0.15) is 0 Å². The van der Waals surface area contributed by atoms with Gasteiger partial charge in [0.25, 0.3) is 0 Å². The Bertz CT molecular complexity index is 2890. The Labute approximate surface area is 314 Å². The van der Waals surface area contributed by atoms with Crippen LogP contribution in [0.25, 0.3) is 77.2 Å². The number of benzene rings is 9. The molecule has 0 saturated heterocycles. The maximum Gasteiger partial charge on any atom is 0.136 e. The molecular weight excluding hydrogens is 655 g/mol. The van der Waals surface area contributed by atoms with Gasteiger partial charge in [0.15, 0.2) is 0 Å². The average Bonchev–Trinajstić information content (AvgIpc) is 3.61. The minimum atomic E-state index is 0.907. The molecule has 0 N–H and O–H groups in total. The fraction of sp³-hybridized carbons (Fsp3) is 0. The molecule has 2 nitrogen and oxygen atoms in total. The highest BCUT2D eigenvalue weighted by atomic mass is 16.3. The van der Waals surface area contributed by atoms with E-state index in [1.165, 1.54) is 44.3 Å². The summed E-state index contributed by atoms with van der Waals surface area (Å²) in [6.45, 7) is 0. The van der Waals surface area contributed by atoms with Crippen molar-refractivity contribution in [2.45, 2.75) is 0 Å². The third kappa shape index (κ3) is 5.71. The van der Waals surface area contributed by atoms with E-state index in [4.69, 9.17) is 4.42 Å². The highest BCUT2D eigenvalue weighted by molar-refractivity contribution is 6.13. The number of anilines is 3. The van der Waals surface area contributed by atoms with Gasteiger partial charge in [-0.25, -0.2) is 0 Å². The lowest BCUT2D eigenvalue weighted by Gasteiger charge is -2.28. The fourth-order valence-corrected chi connectivity index (χ4v) is 7.78. The first-order valence-electron chi connectivity index (χ1n) is 18.4. The van der Waals surface area contributed by atoms with E-state index >= 15 is 0 Å². The van der Waals surface area contributed by atoms with Gasteiger partial charge in [-0.05, 0) is 98.2 Å². The van der Waals surface area contributed by atoms with Crippen LogP contribution in [0.3, 0.4) is 0 Å². The van der Waals surface area contributed by atoms with Crippen molar-refractivity contribution >= 4 is 49.8 Å². The monoisotopic (exact) mass is 689 g/mol. The Morgan fingerprint density at radius 2 is 0.778 bits per heavy atom. The summed E-state index contributed by atoms with van der Waals surface area (Å²) in [4.78, 5) is 2.39. The first kappa shape index (κ1) is 31.6. The molecule has 0 spiro atoms. The molecule has 0 atom stereocenters. The van der Waals surface area contributed by atoms with Crippen LogP contribution in [0.15, 0.2) is 217 Å². The van der Waals surface area contributed by atoms with Crippen LogP contribution in [0.2, 0.25) is 0 Å². The van der Waals surface area contributed by atoms with Crippen LogP contribution in [0.5, 0.6) is 0 Å². The van der Waals surface area contributed by atoms with Crippen molar-refractivity contribution in [3.05, 3.63) is 212 Å². The number of fused-ring (bicyclic) bond motifs is 4. The van der Waals surface area contributed by atoms with Crippen molar-refractivity contribution in [2.24, 2.45) is 0 Å². The third-order valence-electron chi connectivity index (χ3n) is 10.5. The first-order valence-corrected chi connectivity index (χ1v) is 18.4. The molecule has 9 aromatic carbocycles. The van der Waals surface area contributed by atoms with E-state index in [0.29, 0.717) is 0 Å². The summed E-state index contributed by atoms with van der Waals surface area (Å²) in [5.41, 5.74) is 14.6. The van der Waals surface area contributed by atoms with Crippen molar-refractivity contribution in [3.8, 4) is 44.5 Å². The molecule has 54 heavy (non-hydrogen) atoms. The van der Waals surface area contributed by atoms with Gasteiger partial charge in [0.1, 0.15) is 11.2 Å². The summed E-state index contributed by atoms with van der Waals surface area (Å²) in [5, 5.41) is 4.60. The summed E-state index contributed by atoms with van der Waals surface area (Å²) >= 11 is 0. The zero-order valence-corrected chi connectivity index (χ0v) is 29.6. The van der Waals surface area contributed by atoms with Gasteiger partial charge >= 0.3 is 0 Å². The first-order chi connectivity index (χ1) is 26.8. The topological polar surface area (TPSA) is 16.4 Å². The molecule has 0 bridgehead atoms. The van der Waals surface area contributed by atoms with Gasteiger partial charge in [-0.3, -0.25) is 0 Å². The van der Waals surface area contributed by atoms with E-state index in [1.54, 1.807) is 0 Å². The second-order valence-electron chi connectivity index (χ2n) is 13.7. The van der Waals surface area contributed by atoms with E-state index in [1.807, 2.05) is 12.1 Å². The van der Waals surface area contributed by atoms with Gasteiger partial charge in [0.05, 0.1) is 5.69 Å². The predicted octanol–water partition coefficient (Wildman–Crippen LogP) is 14.9. The summed E-state index contributed by atoms with van der Waals surface area (Å²) in [7, 11) is 0. The predicted molar refractivity (Wildman–Crippen MR) is 228 cm³/mol. The lowest BCUT2D eigenvalue weighted by molar-refractivity contribution is 0.669. The molecule has 1 aromatic heterocycles. The van der Waals surface area contributed by atoms with Crippen molar-refractivity contribution in [1.29, 1.82) is 0 Å². The zero-order chi connectivity index (χ0) is 35.8. The normalized spacial score (nSPS) is 11.3. The molecule has 1 heterocycles. The molecule has 0 aliphatic carbocycles. The molecular formula is C52H35NO. The van der Waals surface area contributed by atoms with Gasteiger partial charge in [-0.1, -0.05) is 164 Å². The Kier molecular flexibility index (Phi) is 7.85. The van der Waals surface area contributed by atoms with E-state index in [-0.39, 0.29) is 0 Å². The lowest BCUT2D eigenvalue weighted by Crippen LogP contribution is -2.11. The van der Waals surface area contributed by atoms with E-state index in [0.717, 1.165) is 50.0 Å². The van der Waals surface area contributed by atoms with Gasteiger partial charge in [-0.2, -0.15) is 0 Å². The van der Waals surface area contributed by atoms with Gasteiger partial charge in [0.2, 0.25) is 0 Å². The average molecular weight is 690 g/mol. The molecule has 2 heteroatoms. The highest BCUT2D eigenvalue weighted by Crippen LogP contribution is 2.44. The number of hydrogen-bond donors (Lipinski definition) is 0. The van der Waals surface area contributed by atoms with Crippen molar-refractivity contribution in [3.63, 3.8) is 0 Å². The Balaban J connectivity index is 1.10. The Hall–Kier alpha value is -7.16. The Morgan fingerprint density at radius 1 is 0.296 bits per heavy atom. The number of rotatable bonds is 7. The van der Waals surface area contributed by atoms with E-state index in [9.17, 15) is 0 Å². The largest absolute Gasteiger partial charge is 0.456 e. The molecule has 0 unspecified atom stereocenters. The maximum atomic E-state index is 6.28. The molecule has 254 valence electrons. The molecule has 10 aromatic rings. The molecule has 0 aliphatic rings. The smallest absolute Gasteiger partial charge is 0.136 e. The van der Waals surface area contributed by atoms with Gasteiger partial charge in [0, 0.05) is 27.7 Å². The second-order valence-corrected chi connectivity index (χ2v) is 13.7. The van der Waals surface area contributed by atoms with Crippen LogP contribution >= 0.6 is 0 Å². The molecule has 0 fully saturated rings. The van der Waals surface area contributed by atoms with Crippen molar-refractivity contribution in [1.82, 2.24) is 0 Å². The number of nitrogens with zero attached hydrogens (tertiary/aromatic N) is 1. The van der Waals surface area contributed by atoms with Crippen molar-refractivity contribution < 1.29 is 4.42 Å². The summed E-state index contributed by atoms with van der Waals surface area (Å²) in [6.07, 6.45) is 0. The quantitative estimate of drug-likeness (QED) is 0.166. The SMILES string of the molecule is c1ccc(-c2ccc(-c3ccc(N(c4ccc(-c5ccccc5)cc4)c4ccccc4-c4cccc5cc6oc7ccccc7c6cc45)cc3)cc2)cc1. The number of para-hydroxylation sites is 2. The van der Waals surface area contributed by atoms with Crippen LogP contribution < -0.4 is 4.90 Å². The summed E-state index contributed by atoms with van der Waals surface area (Å²) in [6, 6.07) is 75.9. The molecule has 0 saturated carbocycles. The second kappa shape index (κ2) is 13.4. The fourth-order valence-electron chi connectivity index (χ4n) is 7.78. The molecule has 0 aliphatic heterocycles. The third-order valence-corrected chi connectivity index (χ3v) is 10.5. The zero-order valence-electron chi connectivity index (χ0n) is 29.6. The van der Waals surface area contributed by atoms with Gasteiger partial charge in [-0.15, -0.1) is 0 Å². The van der Waals surface area contributed by atoms with Crippen LogP contribution in [-0.4, -0.2) is 0 Å². The summed E-state index contributed by atoms with van der Waals surface area (Å²) in [5.74, 6) is 0. The van der Waals surface area contributed by atoms with Crippen LogP contribution in [-0.2, 0) is 0 Å². The van der Waals surface area contributed by atoms with E-state index < -0.39 is 0 Å². The number of furan rings is 1. The lowest BCUT2D eigenvalue weighted by atomic mass is 9.94.